The minimum absolute atomic E-state index is 0.0378. The first-order valence-electron chi connectivity index (χ1n) is 6.14. The molecule has 3 heterocycles. The predicted molar refractivity (Wildman–Crippen MR) is 71.1 cm³/mol. The Bertz CT molecular complexity index is 564. The van der Waals surface area contributed by atoms with Gasteiger partial charge in [-0.3, -0.25) is 4.79 Å². The van der Waals surface area contributed by atoms with Crippen LogP contribution in [0.1, 0.15) is 17.4 Å². The van der Waals surface area contributed by atoms with Gasteiger partial charge in [-0.25, -0.2) is 4.98 Å². The van der Waals surface area contributed by atoms with Crippen LogP contribution in [0.15, 0.2) is 28.2 Å². The second kappa shape index (κ2) is 5.14. The molecule has 0 radical (unpaired) electrons. The Balaban J connectivity index is 1.77. The lowest BCUT2D eigenvalue weighted by Gasteiger charge is -2.30. The number of aromatic nitrogens is 1. The Kier molecular flexibility index (Phi) is 3.35. The van der Waals surface area contributed by atoms with E-state index in [1.807, 2.05) is 19.1 Å². The van der Waals surface area contributed by atoms with Crippen LogP contribution in [0.4, 0.5) is 0 Å². The Morgan fingerprint density at radius 2 is 2.47 bits per heavy atom. The molecular formula is C13H14N2O3S. The maximum atomic E-state index is 12.3. The number of nitrogens with zero attached hydrogens (tertiary/aromatic N) is 2. The van der Waals surface area contributed by atoms with Crippen LogP contribution in [0.25, 0.3) is 10.8 Å². The van der Waals surface area contributed by atoms with E-state index in [1.54, 1.807) is 16.5 Å². The van der Waals surface area contributed by atoms with Gasteiger partial charge in [0.15, 0.2) is 10.8 Å². The summed E-state index contributed by atoms with van der Waals surface area (Å²) in [5.74, 6) is 0.656. The zero-order valence-corrected chi connectivity index (χ0v) is 11.4. The molecule has 0 spiro atoms. The molecule has 0 saturated carbocycles. The lowest BCUT2D eigenvalue weighted by Crippen LogP contribution is -2.44. The van der Waals surface area contributed by atoms with Gasteiger partial charge in [-0.2, -0.15) is 0 Å². The average molecular weight is 278 g/mol. The molecule has 2 aromatic heterocycles. The van der Waals surface area contributed by atoms with E-state index in [2.05, 4.69) is 4.98 Å². The van der Waals surface area contributed by atoms with Crippen LogP contribution in [0.3, 0.4) is 0 Å². The number of thiazole rings is 1. The molecule has 6 heteroatoms. The maximum Gasteiger partial charge on any atom is 0.273 e. The van der Waals surface area contributed by atoms with Crippen molar-refractivity contribution in [2.45, 2.75) is 13.0 Å². The minimum Gasteiger partial charge on any atom is -0.462 e. The highest BCUT2D eigenvalue weighted by Crippen LogP contribution is 2.24. The molecule has 1 aliphatic rings. The van der Waals surface area contributed by atoms with Gasteiger partial charge in [0, 0.05) is 18.5 Å². The van der Waals surface area contributed by atoms with Gasteiger partial charge in [-0.15, -0.1) is 11.3 Å². The molecule has 0 bridgehead atoms. The Hall–Kier alpha value is -1.66. The van der Waals surface area contributed by atoms with Crippen molar-refractivity contribution >= 4 is 17.2 Å². The molecule has 19 heavy (non-hydrogen) atoms. The van der Waals surface area contributed by atoms with Crippen LogP contribution >= 0.6 is 11.3 Å². The maximum absolute atomic E-state index is 12.3. The first kappa shape index (κ1) is 12.4. The number of rotatable bonds is 2. The molecule has 100 valence electrons. The van der Waals surface area contributed by atoms with E-state index in [1.165, 1.54) is 11.3 Å². The molecule has 0 aromatic carbocycles. The second-order valence-electron chi connectivity index (χ2n) is 4.45. The third-order valence-corrected chi connectivity index (χ3v) is 3.84. The Morgan fingerprint density at radius 1 is 1.58 bits per heavy atom. The van der Waals surface area contributed by atoms with Crippen molar-refractivity contribution < 1.29 is 13.9 Å². The van der Waals surface area contributed by atoms with Crippen LogP contribution in [0.5, 0.6) is 0 Å². The van der Waals surface area contributed by atoms with Crippen LogP contribution in [-0.4, -0.2) is 41.6 Å². The van der Waals surface area contributed by atoms with Gasteiger partial charge in [0.1, 0.15) is 5.69 Å². The largest absolute Gasteiger partial charge is 0.462 e. The van der Waals surface area contributed by atoms with E-state index < -0.39 is 0 Å². The average Bonchev–Trinajstić information content (AvgIpc) is 3.08. The van der Waals surface area contributed by atoms with Gasteiger partial charge in [-0.1, -0.05) is 0 Å². The highest BCUT2D eigenvalue weighted by molar-refractivity contribution is 7.13. The fraction of sp³-hybridized carbons (Fsp3) is 0.385. The zero-order chi connectivity index (χ0) is 13.2. The lowest BCUT2D eigenvalue weighted by atomic mass is 10.3. The van der Waals surface area contributed by atoms with Crippen molar-refractivity contribution in [1.29, 1.82) is 0 Å². The van der Waals surface area contributed by atoms with E-state index in [9.17, 15) is 4.79 Å². The van der Waals surface area contributed by atoms with Crippen LogP contribution in [-0.2, 0) is 4.74 Å². The fourth-order valence-corrected chi connectivity index (χ4v) is 2.81. The molecule has 1 unspecified atom stereocenters. The summed E-state index contributed by atoms with van der Waals surface area (Å²) in [5, 5.41) is 2.51. The lowest BCUT2D eigenvalue weighted by molar-refractivity contribution is -0.0126. The molecule has 3 rings (SSSR count). The van der Waals surface area contributed by atoms with E-state index in [4.69, 9.17) is 9.15 Å². The third kappa shape index (κ3) is 2.54. The van der Waals surface area contributed by atoms with Crippen LogP contribution in [0.2, 0.25) is 0 Å². The molecule has 0 aliphatic carbocycles. The summed E-state index contributed by atoms with van der Waals surface area (Å²) >= 11 is 1.42. The molecular weight excluding hydrogens is 264 g/mol. The molecule has 1 fully saturated rings. The number of amides is 1. The molecule has 2 aromatic rings. The Morgan fingerprint density at radius 3 is 3.21 bits per heavy atom. The van der Waals surface area contributed by atoms with Crippen molar-refractivity contribution in [3.05, 3.63) is 29.5 Å². The molecule has 5 nitrogen and oxygen atoms in total. The normalized spacial score (nSPS) is 19.6. The SMILES string of the molecule is CC1CN(C(=O)c2csc(-c3ccco3)n2)CCO1. The summed E-state index contributed by atoms with van der Waals surface area (Å²) in [4.78, 5) is 18.4. The van der Waals surface area contributed by atoms with Crippen LogP contribution in [0, 0.1) is 0 Å². The van der Waals surface area contributed by atoms with Crippen LogP contribution < -0.4 is 0 Å². The first-order valence-corrected chi connectivity index (χ1v) is 7.02. The van der Waals surface area contributed by atoms with E-state index in [0.717, 1.165) is 5.01 Å². The van der Waals surface area contributed by atoms with Crippen molar-refractivity contribution in [3.8, 4) is 10.8 Å². The number of ether oxygens (including phenoxy) is 1. The highest BCUT2D eigenvalue weighted by atomic mass is 32.1. The number of morpholine rings is 1. The number of carbonyl (C=O) groups is 1. The minimum atomic E-state index is -0.0378. The third-order valence-electron chi connectivity index (χ3n) is 2.98. The molecule has 1 saturated heterocycles. The van der Waals surface area contributed by atoms with Gasteiger partial charge in [-0.05, 0) is 19.1 Å². The van der Waals surface area contributed by atoms with Gasteiger partial charge in [0.2, 0.25) is 0 Å². The predicted octanol–water partition coefficient (Wildman–Crippen LogP) is 2.26. The van der Waals surface area contributed by atoms with Gasteiger partial charge < -0.3 is 14.1 Å². The molecule has 0 N–H and O–H groups in total. The zero-order valence-electron chi connectivity index (χ0n) is 10.5. The van der Waals surface area contributed by atoms with Gasteiger partial charge in [0.25, 0.3) is 5.91 Å². The summed E-state index contributed by atoms with van der Waals surface area (Å²) in [6.07, 6.45) is 1.68. The standard InChI is InChI=1S/C13H14N2O3S/c1-9-7-15(4-6-17-9)13(16)10-8-19-12(14-10)11-3-2-5-18-11/h2-3,5,8-9H,4,6-7H2,1H3. The summed E-state index contributed by atoms with van der Waals surface area (Å²) in [6.45, 7) is 3.79. The summed E-state index contributed by atoms with van der Waals surface area (Å²) in [5.41, 5.74) is 0.477. The van der Waals surface area contributed by atoms with Crippen molar-refractivity contribution in [1.82, 2.24) is 9.88 Å². The number of hydrogen-bond acceptors (Lipinski definition) is 5. The van der Waals surface area contributed by atoms with Crippen molar-refractivity contribution in [3.63, 3.8) is 0 Å². The monoisotopic (exact) mass is 278 g/mol. The first-order chi connectivity index (χ1) is 9.24. The number of hydrogen-bond donors (Lipinski definition) is 0. The van der Waals surface area contributed by atoms with Gasteiger partial charge in [0.05, 0.1) is 19.0 Å². The second-order valence-corrected chi connectivity index (χ2v) is 5.31. The van der Waals surface area contributed by atoms with Gasteiger partial charge >= 0.3 is 0 Å². The summed E-state index contributed by atoms with van der Waals surface area (Å²) in [7, 11) is 0. The number of furan rings is 1. The highest BCUT2D eigenvalue weighted by Gasteiger charge is 2.24. The topological polar surface area (TPSA) is 55.6 Å². The smallest absolute Gasteiger partial charge is 0.273 e. The van der Waals surface area contributed by atoms with Crippen molar-refractivity contribution in [2.75, 3.05) is 19.7 Å². The summed E-state index contributed by atoms with van der Waals surface area (Å²) in [6, 6.07) is 3.64. The Labute approximate surface area is 114 Å². The molecule has 1 aliphatic heterocycles. The van der Waals surface area contributed by atoms with E-state index in [0.29, 0.717) is 31.2 Å². The number of carbonyl (C=O) groups excluding carboxylic acids is 1. The van der Waals surface area contributed by atoms with E-state index in [-0.39, 0.29) is 12.0 Å². The van der Waals surface area contributed by atoms with E-state index >= 15 is 0 Å². The summed E-state index contributed by atoms with van der Waals surface area (Å²) < 4.78 is 10.7. The van der Waals surface area contributed by atoms with Crippen molar-refractivity contribution in [2.24, 2.45) is 0 Å². The fourth-order valence-electron chi connectivity index (χ4n) is 2.05. The molecule has 1 atom stereocenters. The molecule has 1 amide bonds. The quantitative estimate of drug-likeness (QED) is 0.845.